The van der Waals surface area contributed by atoms with E-state index < -0.39 is 14.9 Å². The van der Waals surface area contributed by atoms with Gasteiger partial charge < -0.3 is 5.32 Å². The number of nitrogens with one attached hydrogen (secondary N) is 2. The third-order valence-electron chi connectivity index (χ3n) is 3.36. The number of nitro benzene ring substituents is 1. The van der Waals surface area contributed by atoms with Crippen LogP contribution in [0, 0.1) is 10.1 Å². The molecule has 0 radical (unpaired) electrons. The normalized spacial score (nSPS) is 11.1. The Balaban J connectivity index is 1.83. The molecule has 1 amide bonds. The zero-order valence-electron chi connectivity index (χ0n) is 13.5. The zero-order valence-corrected chi connectivity index (χ0v) is 15.9. The molecule has 138 valence electrons. The summed E-state index contributed by atoms with van der Waals surface area (Å²) in [6, 6.07) is 12.0. The zero-order chi connectivity index (χ0) is 19.2. The Morgan fingerprint density at radius 2 is 1.81 bits per heavy atom. The van der Waals surface area contributed by atoms with Gasteiger partial charge in [-0.25, -0.2) is 13.1 Å². The fourth-order valence-electron chi connectivity index (χ4n) is 2.09. The summed E-state index contributed by atoms with van der Waals surface area (Å²) >= 11 is 3.31. The Hall–Kier alpha value is -2.30. The Labute approximate surface area is 158 Å². The number of non-ortho nitro benzene ring substituents is 1. The van der Waals surface area contributed by atoms with Gasteiger partial charge in [-0.05, 0) is 23.8 Å². The number of hydrogen-bond acceptors (Lipinski definition) is 5. The van der Waals surface area contributed by atoms with Crippen molar-refractivity contribution in [2.45, 2.75) is 11.3 Å². The third kappa shape index (κ3) is 5.90. The predicted octanol–water partition coefficient (Wildman–Crippen LogP) is 1.99. The molecule has 0 saturated heterocycles. The first kappa shape index (κ1) is 20.0. The van der Waals surface area contributed by atoms with Crippen molar-refractivity contribution in [3.8, 4) is 0 Å². The molecule has 8 nitrogen and oxygen atoms in total. The second-order valence-electron chi connectivity index (χ2n) is 5.31. The highest BCUT2D eigenvalue weighted by molar-refractivity contribution is 9.10. The van der Waals surface area contributed by atoms with Crippen LogP contribution in [0.25, 0.3) is 0 Å². The lowest BCUT2D eigenvalue weighted by Gasteiger charge is -2.08. The molecule has 0 spiro atoms. The summed E-state index contributed by atoms with van der Waals surface area (Å²) in [5.41, 5.74) is 0.526. The maximum absolute atomic E-state index is 12.1. The van der Waals surface area contributed by atoms with Crippen molar-refractivity contribution in [3.63, 3.8) is 0 Å². The fourth-order valence-corrected chi connectivity index (χ4v) is 3.42. The number of sulfonamides is 1. The number of nitrogens with zero attached hydrogens (tertiary/aromatic N) is 1. The molecular formula is C16H16BrN3O5S. The Bertz CT molecular complexity index is 900. The van der Waals surface area contributed by atoms with Gasteiger partial charge in [-0.3, -0.25) is 14.9 Å². The molecule has 2 aromatic carbocycles. The van der Waals surface area contributed by atoms with Crippen molar-refractivity contribution < 1.29 is 18.1 Å². The van der Waals surface area contributed by atoms with Crippen LogP contribution >= 0.6 is 15.9 Å². The SMILES string of the molecule is O=C(Cc1ccc(Br)cc1)NCCNS(=O)(=O)c1cccc([N+](=O)[O-])c1. The molecule has 0 unspecified atom stereocenters. The van der Waals surface area contributed by atoms with Gasteiger partial charge in [0.15, 0.2) is 0 Å². The van der Waals surface area contributed by atoms with Crippen LogP contribution < -0.4 is 10.0 Å². The van der Waals surface area contributed by atoms with Crippen LogP contribution in [0.1, 0.15) is 5.56 Å². The average Bonchev–Trinajstić information content (AvgIpc) is 2.61. The summed E-state index contributed by atoms with van der Waals surface area (Å²) in [7, 11) is -3.89. The summed E-state index contributed by atoms with van der Waals surface area (Å²) in [6.07, 6.45) is 0.185. The lowest BCUT2D eigenvalue weighted by molar-refractivity contribution is -0.385. The largest absolute Gasteiger partial charge is 0.355 e. The van der Waals surface area contributed by atoms with Crippen molar-refractivity contribution in [1.82, 2.24) is 10.0 Å². The monoisotopic (exact) mass is 441 g/mol. The van der Waals surface area contributed by atoms with Crippen LogP contribution in [0.2, 0.25) is 0 Å². The van der Waals surface area contributed by atoms with Crippen LogP contribution in [0.15, 0.2) is 57.9 Å². The molecule has 0 aliphatic heterocycles. The van der Waals surface area contributed by atoms with Crippen molar-refractivity contribution in [2.75, 3.05) is 13.1 Å². The number of hydrogen-bond donors (Lipinski definition) is 2. The van der Waals surface area contributed by atoms with E-state index in [0.29, 0.717) is 0 Å². The minimum atomic E-state index is -3.89. The van der Waals surface area contributed by atoms with E-state index in [2.05, 4.69) is 26.0 Å². The minimum Gasteiger partial charge on any atom is -0.355 e. The molecule has 0 aliphatic rings. The molecule has 0 bridgehead atoms. The fraction of sp³-hybridized carbons (Fsp3) is 0.188. The highest BCUT2D eigenvalue weighted by Gasteiger charge is 2.17. The van der Waals surface area contributed by atoms with Crippen LogP contribution in [0.4, 0.5) is 5.69 Å². The first-order valence-corrected chi connectivity index (χ1v) is 9.81. The van der Waals surface area contributed by atoms with Gasteiger partial charge in [-0.15, -0.1) is 0 Å². The van der Waals surface area contributed by atoms with Gasteiger partial charge >= 0.3 is 0 Å². The van der Waals surface area contributed by atoms with Gasteiger partial charge in [0.1, 0.15) is 0 Å². The lowest BCUT2D eigenvalue weighted by atomic mass is 10.1. The molecule has 0 aromatic heterocycles. The van der Waals surface area contributed by atoms with Gasteiger partial charge in [0.2, 0.25) is 15.9 Å². The van der Waals surface area contributed by atoms with E-state index in [-0.39, 0.29) is 36.0 Å². The topological polar surface area (TPSA) is 118 Å². The van der Waals surface area contributed by atoms with Crippen molar-refractivity contribution in [1.29, 1.82) is 0 Å². The Morgan fingerprint density at radius 3 is 2.46 bits per heavy atom. The maximum atomic E-state index is 12.1. The standard InChI is InChI=1S/C16H16BrN3O5S/c17-13-6-4-12(5-7-13)10-16(21)18-8-9-19-26(24,25)15-3-1-2-14(11-15)20(22)23/h1-7,11,19H,8-10H2,(H,18,21). The number of amides is 1. The summed E-state index contributed by atoms with van der Waals surface area (Å²) in [6.45, 7) is 0.0701. The molecule has 26 heavy (non-hydrogen) atoms. The van der Waals surface area contributed by atoms with E-state index in [0.717, 1.165) is 16.1 Å². The van der Waals surface area contributed by atoms with Gasteiger partial charge in [0, 0.05) is 29.7 Å². The summed E-state index contributed by atoms with van der Waals surface area (Å²) in [5, 5.41) is 13.3. The number of benzene rings is 2. The number of carbonyl (C=O) groups excluding carboxylic acids is 1. The van der Waals surface area contributed by atoms with Gasteiger partial charge in [-0.2, -0.15) is 0 Å². The van der Waals surface area contributed by atoms with Crippen LogP contribution in [-0.2, 0) is 21.2 Å². The molecule has 2 aromatic rings. The van der Waals surface area contributed by atoms with E-state index >= 15 is 0 Å². The second kappa shape index (κ2) is 8.88. The highest BCUT2D eigenvalue weighted by atomic mass is 79.9. The molecule has 0 saturated carbocycles. The van der Waals surface area contributed by atoms with E-state index in [1.54, 1.807) is 0 Å². The van der Waals surface area contributed by atoms with Crippen LogP contribution in [0.5, 0.6) is 0 Å². The number of nitro groups is 1. The Kier molecular flexibility index (Phi) is 6.83. The maximum Gasteiger partial charge on any atom is 0.270 e. The lowest BCUT2D eigenvalue weighted by Crippen LogP contribution is -2.35. The van der Waals surface area contributed by atoms with Gasteiger partial charge in [0.05, 0.1) is 16.2 Å². The van der Waals surface area contributed by atoms with Crippen molar-refractivity contribution in [2.24, 2.45) is 0 Å². The number of carbonyl (C=O) groups is 1. The molecular weight excluding hydrogens is 426 g/mol. The number of halogens is 1. The third-order valence-corrected chi connectivity index (χ3v) is 5.34. The van der Waals surface area contributed by atoms with E-state index in [4.69, 9.17) is 0 Å². The van der Waals surface area contributed by atoms with E-state index in [1.807, 2.05) is 24.3 Å². The van der Waals surface area contributed by atoms with Crippen LogP contribution in [0.3, 0.4) is 0 Å². The predicted molar refractivity (Wildman–Crippen MR) is 99.1 cm³/mol. The molecule has 0 fully saturated rings. The van der Waals surface area contributed by atoms with Crippen LogP contribution in [-0.4, -0.2) is 32.3 Å². The highest BCUT2D eigenvalue weighted by Crippen LogP contribution is 2.16. The first-order chi connectivity index (χ1) is 12.3. The van der Waals surface area contributed by atoms with E-state index in [1.165, 1.54) is 18.2 Å². The van der Waals surface area contributed by atoms with Crippen molar-refractivity contribution in [3.05, 3.63) is 68.7 Å². The Morgan fingerprint density at radius 1 is 1.12 bits per heavy atom. The summed E-state index contributed by atoms with van der Waals surface area (Å²) in [5.74, 6) is -0.234. The van der Waals surface area contributed by atoms with Gasteiger partial charge in [0.25, 0.3) is 5.69 Å². The molecule has 0 heterocycles. The average molecular weight is 442 g/mol. The molecule has 2 rings (SSSR count). The summed E-state index contributed by atoms with van der Waals surface area (Å²) < 4.78 is 27.5. The van der Waals surface area contributed by atoms with Crippen molar-refractivity contribution >= 4 is 37.5 Å². The molecule has 2 N–H and O–H groups in total. The van der Waals surface area contributed by atoms with Gasteiger partial charge in [-0.1, -0.05) is 34.1 Å². The quantitative estimate of drug-likeness (QED) is 0.368. The smallest absolute Gasteiger partial charge is 0.270 e. The summed E-state index contributed by atoms with van der Waals surface area (Å²) in [4.78, 5) is 21.7. The molecule has 0 atom stereocenters. The molecule has 0 aliphatic carbocycles. The van der Waals surface area contributed by atoms with E-state index in [9.17, 15) is 23.3 Å². The molecule has 10 heteroatoms. The minimum absolute atomic E-state index is 0.0307. The second-order valence-corrected chi connectivity index (χ2v) is 7.99. The number of rotatable bonds is 8. The first-order valence-electron chi connectivity index (χ1n) is 7.53.